The van der Waals surface area contributed by atoms with E-state index in [9.17, 15) is 4.79 Å². The second kappa shape index (κ2) is 2.23. The fourth-order valence-corrected chi connectivity index (χ4v) is 1.50. The van der Waals surface area contributed by atoms with E-state index in [1.54, 1.807) is 6.20 Å². The number of hydrogen-bond donors (Lipinski definition) is 3. The molecule has 1 amide bonds. The van der Waals surface area contributed by atoms with Crippen molar-refractivity contribution in [1.82, 2.24) is 10.6 Å². The Morgan fingerprint density at radius 2 is 2.42 bits per heavy atom. The van der Waals surface area contributed by atoms with Crippen molar-refractivity contribution >= 4 is 11.9 Å². The molecule has 2 unspecified atom stereocenters. The molecular weight excluding hydrogens is 156 g/mol. The average Bonchev–Trinajstić information content (AvgIpc) is 2.31. The van der Waals surface area contributed by atoms with E-state index in [2.05, 4.69) is 15.6 Å². The summed E-state index contributed by atoms with van der Waals surface area (Å²) in [5.74, 6) is -0.0691. The first-order valence-corrected chi connectivity index (χ1v) is 3.75. The number of carbonyl (C=O) groups is 1. The number of hydrogen-bond acceptors (Lipinski definition) is 4. The van der Waals surface area contributed by atoms with Gasteiger partial charge in [-0.15, -0.1) is 0 Å². The number of guanidine groups is 1. The molecule has 2 aliphatic rings. The minimum absolute atomic E-state index is 0.0775. The van der Waals surface area contributed by atoms with Crippen molar-refractivity contribution < 1.29 is 4.79 Å². The highest BCUT2D eigenvalue weighted by molar-refractivity contribution is 6.00. The van der Waals surface area contributed by atoms with Crippen LogP contribution in [-0.2, 0) is 4.79 Å². The average molecular weight is 166 g/mol. The van der Waals surface area contributed by atoms with Gasteiger partial charge in [0.15, 0.2) is 5.96 Å². The number of carbonyl (C=O) groups excluding carboxylic acids is 1. The maximum absolute atomic E-state index is 11.3. The van der Waals surface area contributed by atoms with Crippen LogP contribution in [0.15, 0.2) is 16.8 Å². The van der Waals surface area contributed by atoms with Gasteiger partial charge in [-0.25, -0.2) is 4.99 Å². The standard InChI is InChI=1S/C7H10N4O/c1-3-2-9-5-4(3)6(12)11-7(8)10-5/h2,4-5,9H,1H3,(H3,8,10,11,12). The number of amides is 1. The van der Waals surface area contributed by atoms with Gasteiger partial charge in [-0.1, -0.05) is 0 Å². The molecule has 0 saturated carbocycles. The van der Waals surface area contributed by atoms with Crippen molar-refractivity contribution in [2.45, 2.75) is 13.1 Å². The summed E-state index contributed by atoms with van der Waals surface area (Å²) in [5, 5.41) is 5.47. The van der Waals surface area contributed by atoms with Gasteiger partial charge in [0.05, 0.1) is 0 Å². The topological polar surface area (TPSA) is 79.5 Å². The highest BCUT2D eigenvalue weighted by Crippen LogP contribution is 2.23. The van der Waals surface area contributed by atoms with Crippen LogP contribution in [-0.4, -0.2) is 18.0 Å². The molecule has 0 aromatic carbocycles. The first-order valence-electron chi connectivity index (χ1n) is 3.75. The van der Waals surface area contributed by atoms with Crippen LogP contribution in [0.2, 0.25) is 0 Å². The van der Waals surface area contributed by atoms with Crippen LogP contribution in [0.3, 0.4) is 0 Å². The van der Waals surface area contributed by atoms with Crippen molar-refractivity contribution in [2.24, 2.45) is 16.6 Å². The normalized spacial score (nSPS) is 32.9. The summed E-state index contributed by atoms with van der Waals surface area (Å²) >= 11 is 0. The summed E-state index contributed by atoms with van der Waals surface area (Å²) in [6.07, 6.45) is 1.61. The van der Waals surface area contributed by atoms with Crippen molar-refractivity contribution in [3.05, 3.63) is 11.8 Å². The molecule has 2 atom stereocenters. The maximum atomic E-state index is 11.3. The molecule has 0 bridgehead atoms. The Morgan fingerprint density at radius 3 is 3.17 bits per heavy atom. The van der Waals surface area contributed by atoms with Crippen LogP contribution < -0.4 is 16.4 Å². The predicted molar refractivity (Wildman–Crippen MR) is 43.9 cm³/mol. The minimum atomic E-state index is -0.196. The first kappa shape index (κ1) is 7.15. The zero-order valence-electron chi connectivity index (χ0n) is 6.66. The molecule has 2 aliphatic heterocycles. The zero-order chi connectivity index (χ0) is 8.72. The molecule has 0 saturated heterocycles. The lowest BCUT2D eigenvalue weighted by molar-refractivity contribution is -0.123. The Labute approximate surface area is 69.7 Å². The van der Waals surface area contributed by atoms with E-state index in [1.807, 2.05) is 6.92 Å². The van der Waals surface area contributed by atoms with Crippen molar-refractivity contribution in [1.29, 1.82) is 0 Å². The molecule has 0 aromatic rings. The van der Waals surface area contributed by atoms with Gasteiger partial charge in [-0.05, 0) is 18.7 Å². The number of nitrogens with one attached hydrogen (secondary N) is 2. The van der Waals surface area contributed by atoms with Crippen molar-refractivity contribution in [2.75, 3.05) is 0 Å². The number of nitrogens with two attached hydrogens (primary N) is 1. The predicted octanol–water partition coefficient (Wildman–Crippen LogP) is -1.12. The van der Waals surface area contributed by atoms with Gasteiger partial charge in [0, 0.05) is 0 Å². The molecular formula is C7H10N4O. The van der Waals surface area contributed by atoms with Crippen LogP contribution in [0.5, 0.6) is 0 Å². The van der Waals surface area contributed by atoms with E-state index in [1.165, 1.54) is 0 Å². The smallest absolute Gasteiger partial charge is 0.238 e. The van der Waals surface area contributed by atoms with Crippen LogP contribution in [0.25, 0.3) is 0 Å². The van der Waals surface area contributed by atoms with Crippen LogP contribution in [0.1, 0.15) is 6.92 Å². The number of nitrogens with zero attached hydrogens (tertiary/aromatic N) is 1. The molecule has 2 rings (SSSR count). The largest absolute Gasteiger partial charge is 0.370 e. The van der Waals surface area contributed by atoms with Gasteiger partial charge in [0.2, 0.25) is 5.91 Å². The molecule has 5 heteroatoms. The molecule has 0 radical (unpaired) electrons. The van der Waals surface area contributed by atoms with E-state index in [0.717, 1.165) is 5.57 Å². The monoisotopic (exact) mass is 166 g/mol. The Kier molecular flexibility index (Phi) is 1.33. The maximum Gasteiger partial charge on any atom is 0.238 e. The van der Waals surface area contributed by atoms with E-state index in [4.69, 9.17) is 5.73 Å². The third kappa shape index (κ3) is 0.861. The lowest BCUT2D eigenvalue weighted by Gasteiger charge is -2.22. The molecule has 0 aliphatic carbocycles. The van der Waals surface area contributed by atoms with E-state index in [0.29, 0.717) is 0 Å². The second-order valence-corrected chi connectivity index (χ2v) is 2.98. The van der Waals surface area contributed by atoms with E-state index < -0.39 is 0 Å². The second-order valence-electron chi connectivity index (χ2n) is 2.98. The lowest BCUT2D eigenvalue weighted by Crippen LogP contribution is -2.50. The molecule has 12 heavy (non-hydrogen) atoms. The van der Waals surface area contributed by atoms with Gasteiger partial charge in [-0.2, -0.15) is 0 Å². The number of aliphatic imine (C=N–C) groups is 1. The number of fused-ring (bicyclic) bond motifs is 1. The molecule has 2 heterocycles. The van der Waals surface area contributed by atoms with Gasteiger partial charge in [0.25, 0.3) is 0 Å². The number of rotatable bonds is 0. The van der Waals surface area contributed by atoms with Crippen LogP contribution in [0, 0.1) is 5.92 Å². The first-order chi connectivity index (χ1) is 5.68. The van der Waals surface area contributed by atoms with Crippen LogP contribution in [0.4, 0.5) is 0 Å². The van der Waals surface area contributed by atoms with Crippen molar-refractivity contribution in [3.63, 3.8) is 0 Å². The quantitative estimate of drug-likeness (QED) is 0.426. The Hall–Kier alpha value is -1.52. The highest BCUT2D eigenvalue weighted by atomic mass is 16.2. The van der Waals surface area contributed by atoms with Crippen molar-refractivity contribution in [3.8, 4) is 0 Å². The fraction of sp³-hybridized carbons (Fsp3) is 0.429. The highest BCUT2D eigenvalue weighted by Gasteiger charge is 2.36. The SMILES string of the molecule is CC1=CNC2N=C(N)NC(=O)C12. The minimum Gasteiger partial charge on any atom is -0.370 e. The third-order valence-corrected chi connectivity index (χ3v) is 2.10. The molecule has 5 nitrogen and oxygen atoms in total. The molecule has 0 aromatic heterocycles. The molecule has 64 valence electrons. The van der Waals surface area contributed by atoms with Gasteiger partial charge >= 0.3 is 0 Å². The summed E-state index contributed by atoms with van der Waals surface area (Å²) in [5.41, 5.74) is 6.38. The summed E-state index contributed by atoms with van der Waals surface area (Å²) in [6, 6.07) is 0. The zero-order valence-corrected chi connectivity index (χ0v) is 6.66. The third-order valence-electron chi connectivity index (χ3n) is 2.10. The fourth-order valence-electron chi connectivity index (χ4n) is 1.50. The molecule has 0 spiro atoms. The Bertz CT molecular complexity index is 294. The van der Waals surface area contributed by atoms with Gasteiger partial charge in [-0.3, -0.25) is 10.1 Å². The van der Waals surface area contributed by atoms with E-state index in [-0.39, 0.29) is 24.0 Å². The molecule has 4 N–H and O–H groups in total. The summed E-state index contributed by atoms with van der Waals surface area (Å²) in [4.78, 5) is 15.4. The van der Waals surface area contributed by atoms with Gasteiger partial charge < -0.3 is 11.1 Å². The summed E-state index contributed by atoms with van der Waals surface area (Å²) in [6.45, 7) is 1.90. The summed E-state index contributed by atoms with van der Waals surface area (Å²) in [7, 11) is 0. The van der Waals surface area contributed by atoms with Crippen LogP contribution >= 0.6 is 0 Å². The summed E-state index contributed by atoms with van der Waals surface area (Å²) < 4.78 is 0. The Morgan fingerprint density at radius 1 is 1.67 bits per heavy atom. The molecule has 0 fully saturated rings. The lowest BCUT2D eigenvalue weighted by atomic mass is 9.99. The van der Waals surface area contributed by atoms with Gasteiger partial charge in [0.1, 0.15) is 12.1 Å². The van der Waals surface area contributed by atoms with E-state index >= 15 is 0 Å². The Balaban J connectivity index is 2.32.